The van der Waals surface area contributed by atoms with Crippen LogP contribution in [0.3, 0.4) is 0 Å². The summed E-state index contributed by atoms with van der Waals surface area (Å²) >= 11 is 0. The number of amides is 1. The van der Waals surface area contributed by atoms with Crippen molar-refractivity contribution in [2.24, 2.45) is 5.92 Å². The van der Waals surface area contributed by atoms with Crippen molar-refractivity contribution in [1.82, 2.24) is 10.3 Å². The molecular weight excluding hydrogens is 278 g/mol. The van der Waals surface area contributed by atoms with Crippen LogP contribution in [-0.2, 0) is 14.6 Å². The van der Waals surface area contributed by atoms with Gasteiger partial charge in [0, 0.05) is 31.2 Å². The first-order chi connectivity index (χ1) is 9.48. The van der Waals surface area contributed by atoms with Crippen molar-refractivity contribution >= 4 is 21.4 Å². The zero-order chi connectivity index (χ0) is 14.6. The maximum Gasteiger partial charge on any atom is 0.224 e. The van der Waals surface area contributed by atoms with E-state index in [9.17, 15) is 13.2 Å². The van der Waals surface area contributed by atoms with Gasteiger partial charge in [-0.05, 0) is 25.0 Å². The average Bonchev–Trinajstić information content (AvgIpc) is 2.77. The number of carbonyl (C=O) groups excluding carboxylic acids is 1. The van der Waals surface area contributed by atoms with E-state index in [2.05, 4.69) is 15.6 Å². The van der Waals surface area contributed by atoms with Gasteiger partial charge in [-0.3, -0.25) is 9.78 Å². The molecule has 2 heterocycles. The lowest BCUT2D eigenvalue weighted by atomic mass is 10.1. The SMILES string of the molecule is Cc1cnccc1NCCNC(=O)[C@@H]1CCS(=O)(=O)C1. The highest BCUT2D eigenvalue weighted by Gasteiger charge is 2.32. The minimum Gasteiger partial charge on any atom is -0.383 e. The van der Waals surface area contributed by atoms with Gasteiger partial charge in [0.25, 0.3) is 0 Å². The zero-order valence-corrected chi connectivity index (χ0v) is 12.2. The first kappa shape index (κ1) is 14.8. The Morgan fingerprint density at radius 2 is 2.25 bits per heavy atom. The number of hydrogen-bond donors (Lipinski definition) is 2. The van der Waals surface area contributed by atoms with Crippen molar-refractivity contribution in [3.63, 3.8) is 0 Å². The maximum absolute atomic E-state index is 11.8. The van der Waals surface area contributed by atoms with E-state index in [0.717, 1.165) is 11.3 Å². The third kappa shape index (κ3) is 3.93. The van der Waals surface area contributed by atoms with Crippen LogP contribution in [0, 0.1) is 12.8 Å². The lowest BCUT2D eigenvalue weighted by Crippen LogP contribution is -2.34. The van der Waals surface area contributed by atoms with E-state index in [0.29, 0.717) is 19.5 Å². The van der Waals surface area contributed by atoms with Crippen molar-refractivity contribution in [3.05, 3.63) is 24.0 Å². The molecule has 0 saturated carbocycles. The number of hydrogen-bond acceptors (Lipinski definition) is 5. The van der Waals surface area contributed by atoms with E-state index >= 15 is 0 Å². The number of nitrogens with one attached hydrogen (secondary N) is 2. The van der Waals surface area contributed by atoms with E-state index in [4.69, 9.17) is 0 Å². The third-order valence-corrected chi connectivity index (χ3v) is 5.13. The molecular formula is C13H19N3O3S. The molecule has 0 spiro atoms. The predicted molar refractivity (Wildman–Crippen MR) is 77.2 cm³/mol. The molecule has 0 unspecified atom stereocenters. The van der Waals surface area contributed by atoms with Crippen LogP contribution in [0.5, 0.6) is 0 Å². The number of carbonyl (C=O) groups is 1. The Bertz CT molecular complexity index is 586. The largest absolute Gasteiger partial charge is 0.383 e. The number of nitrogens with zero attached hydrogens (tertiary/aromatic N) is 1. The minimum absolute atomic E-state index is 0.0181. The molecule has 1 fully saturated rings. The summed E-state index contributed by atoms with van der Waals surface area (Å²) in [4.78, 5) is 15.8. The standard InChI is InChI=1S/C13H19N3O3S/c1-10-8-14-4-2-12(10)15-5-6-16-13(17)11-3-7-20(18,19)9-11/h2,4,8,11H,3,5-7,9H2,1H3,(H,14,15)(H,16,17)/t11-/m1/s1. The summed E-state index contributed by atoms with van der Waals surface area (Å²) in [5, 5.41) is 5.97. The summed E-state index contributed by atoms with van der Waals surface area (Å²) in [6.07, 6.45) is 3.91. The molecule has 7 heteroatoms. The van der Waals surface area contributed by atoms with Crippen LogP contribution in [0.4, 0.5) is 5.69 Å². The van der Waals surface area contributed by atoms with E-state index in [1.165, 1.54) is 0 Å². The molecule has 1 atom stereocenters. The number of pyridine rings is 1. The molecule has 0 radical (unpaired) electrons. The van der Waals surface area contributed by atoms with Gasteiger partial charge in [0.1, 0.15) is 0 Å². The van der Waals surface area contributed by atoms with Gasteiger partial charge < -0.3 is 10.6 Å². The van der Waals surface area contributed by atoms with Crippen LogP contribution < -0.4 is 10.6 Å². The summed E-state index contributed by atoms with van der Waals surface area (Å²) in [6, 6.07) is 1.88. The molecule has 0 aliphatic carbocycles. The molecule has 6 nitrogen and oxygen atoms in total. The Morgan fingerprint density at radius 1 is 1.45 bits per heavy atom. The fraction of sp³-hybridized carbons (Fsp3) is 0.538. The van der Waals surface area contributed by atoms with E-state index < -0.39 is 9.84 Å². The van der Waals surface area contributed by atoms with Crippen LogP contribution in [0.15, 0.2) is 18.5 Å². The molecule has 0 aromatic carbocycles. The van der Waals surface area contributed by atoms with Gasteiger partial charge >= 0.3 is 0 Å². The normalized spacial score (nSPS) is 20.6. The fourth-order valence-corrected chi connectivity index (χ4v) is 3.94. The highest BCUT2D eigenvalue weighted by Crippen LogP contribution is 2.18. The van der Waals surface area contributed by atoms with Gasteiger partial charge in [0.2, 0.25) is 5.91 Å². The van der Waals surface area contributed by atoms with Crippen LogP contribution >= 0.6 is 0 Å². The van der Waals surface area contributed by atoms with Crippen LogP contribution in [-0.4, -0.2) is 43.9 Å². The number of sulfone groups is 1. The maximum atomic E-state index is 11.8. The van der Waals surface area contributed by atoms with E-state index in [-0.39, 0.29) is 23.3 Å². The second kappa shape index (κ2) is 6.21. The molecule has 2 N–H and O–H groups in total. The fourth-order valence-electron chi connectivity index (χ4n) is 2.20. The lowest BCUT2D eigenvalue weighted by Gasteiger charge is -2.11. The Kier molecular flexibility index (Phi) is 4.59. The molecule has 1 aromatic rings. The molecule has 1 saturated heterocycles. The summed E-state index contributed by atoms with van der Waals surface area (Å²) in [7, 11) is -3.00. The first-order valence-corrected chi connectivity index (χ1v) is 8.43. The summed E-state index contributed by atoms with van der Waals surface area (Å²) in [6.45, 7) is 3.02. The van der Waals surface area contributed by atoms with Gasteiger partial charge in [0.15, 0.2) is 9.84 Å². The monoisotopic (exact) mass is 297 g/mol. The highest BCUT2D eigenvalue weighted by molar-refractivity contribution is 7.91. The van der Waals surface area contributed by atoms with Gasteiger partial charge in [0.05, 0.1) is 17.4 Å². The number of anilines is 1. The topological polar surface area (TPSA) is 88.2 Å². The van der Waals surface area contributed by atoms with Gasteiger partial charge in [-0.1, -0.05) is 0 Å². The summed E-state index contributed by atoms with van der Waals surface area (Å²) in [5.74, 6) is -0.447. The lowest BCUT2D eigenvalue weighted by molar-refractivity contribution is -0.124. The summed E-state index contributed by atoms with van der Waals surface area (Å²) < 4.78 is 22.6. The smallest absolute Gasteiger partial charge is 0.224 e. The average molecular weight is 297 g/mol. The molecule has 1 aromatic heterocycles. The molecule has 2 rings (SSSR count). The second-order valence-electron chi connectivity index (χ2n) is 5.01. The molecule has 1 aliphatic heterocycles. The number of rotatable bonds is 5. The van der Waals surface area contributed by atoms with Crippen LogP contribution in [0.25, 0.3) is 0 Å². The second-order valence-corrected chi connectivity index (χ2v) is 7.24. The molecule has 1 amide bonds. The molecule has 1 aliphatic rings. The predicted octanol–water partition coefficient (Wildman–Crippen LogP) is 0.353. The van der Waals surface area contributed by atoms with Crippen molar-refractivity contribution < 1.29 is 13.2 Å². The van der Waals surface area contributed by atoms with Crippen molar-refractivity contribution in [2.45, 2.75) is 13.3 Å². The van der Waals surface area contributed by atoms with Crippen molar-refractivity contribution in [3.8, 4) is 0 Å². The van der Waals surface area contributed by atoms with Crippen molar-refractivity contribution in [1.29, 1.82) is 0 Å². The first-order valence-electron chi connectivity index (χ1n) is 6.60. The van der Waals surface area contributed by atoms with Crippen LogP contribution in [0.2, 0.25) is 0 Å². The zero-order valence-electron chi connectivity index (χ0n) is 11.4. The number of aromatic nitrogens is 1. The quantitative estimate of drug-likeness (QED) is 0.766. The van der Waals surface area contributed by atoms with E-state index in [1.54, 1.807) is 12.4 Å². The number of aryl methyl sites for hydroxylation is 1. The van der Waals surface area contributed by atoms with Crippen molar-refractivity contribution in [2.75, 3.05) is 29.9 Å². The highest BCUT2D eigenvalue weighted by atomic mass is 32.2. The molecule has 20 heavy (non-hydrogen) atoms. The Morgan fingerprint density at radius 3 is 2.90 bits per heavy atom. The molecule has 0 bridgehead atoms. The Balaban J connectivity index is 1.71. The third-order valence-electron chi connectivity index (χ3n) is 3.36. The molecule has 110 valence electrons. The minimum atomic E-state index is -3.00. The van der Waals surface area contributed by atoms with Gasteiger partial charge in [-0.2, -0.15) is 0 Å². The Hall–Kier alpha value is -1.63. The summed E-state index contributed by atoms with van der Waals surface area (Å²) in [5.41, 5.74) is 2.03. The van der Waals surface area contributed by atoms with Crippen LogP contribution in [0.1, 0.15) is 12.0 Å². The van der Waals surface area contributed by atoms with Gasteiger partial charge in [-0.15, -0.1) is 0 Å². The van der Waals surface area contributed by atoms with Gasteiger partial charge in [-0.25, -0.2) is 8.42 Å². The van der Waals surface area contributed by atoms with E-state index in [1.807, 2.05) is 13.0 Å². The Labute approximate surface area is 118 Å².